The molecule has 0 amide bonds. The van der Waals surface area contributed by atoms with Crippen LogP contribution in [0.4, 0.5) is 0 Å². The number of carbonyl (C=O) groups excluding carboxylic acids is 1. The van der Waals surface area contributed by atoms with Gasteiger partial charge in [-0.1, -0.05) is 35.7 Å². The molecule has 3 heteroatoms. The van der Waals surface area contributed by atoms with E-state index >= 15 is 0 Å². The number of allylic oxidation sites excluding steroid dienone is 4. The zero-order valence-corrected chi connectivity index (χ0v) is 10.6. The van der Waals surface area contributed by atoms with Crippen molar-refractivity contribution in [1.82, 2.24) is 0 Å². The van der Waals surface area contributed by atoms with E-state index in [1.54, 1.807) is 6.92 Å². The van der Waals surface area contributed by atoms with Crippen molar-refractivity contribution in [2.75, 3.05) is 0 Å². The molecular formula is C15H11ClO2. The fourth-order valence-electron chi connectivity index (χ4n) is 1.59. The Balaban J connectivity index is 2.26. The molecule has 1 N–H and O–H groups in total. The van der Waals surface area contributed by atoms with Gasteiger partial charge in [0.1, 0.15) is 5.75 Å². The van der Waals surface area contributed by atoms with Crippen molar-refractivity contribution in [3.8, 4) is 17.6 Å². The lowest BCUT2D eigenvalue weighted by Crippen LogP contribution is -1.96. The van der Waals surface area contributed by atoms with Crippen LogP contribution >= 0.6 is 11.6 Å². The SMILES string of the molecule is Cc1cc(O)c(C(=O)C#CC2=CC=CC2)cc1Cl. The number of carbonyl (C=O) groups is 1. The van der Waals surface area contributed by atoms with Crippen molar-refractivity contribution >= 4 is 17.4 Å². The second-order valence-corrected chi connectivity index (χ2v) is 4.43. The van der Waals surface area contributed by atoms with E-state index in [0.717, 1.165) is 17.6 Å². The van der Waals surface area contributed by atoms with Crippen LogP contribution in [0.3, 0.4) is 0 Å². The van der Waals surface area contributed by atoms with Gasteiger partial charge in [0.2, 0.25) is 5.78 Å². The molecule has 0 radical (unpaired) electrons. The summed E-state index contributed by atoms with van der Waals surface area (Å²) in [4.78, 5) is 11.8. The Kier molecular flexibility index (Phi) is 3.55. The van der Waals surface area contributed by atoms with E-state index < -0.39 is 5.78 Å². The van der Waals surface area contributed by atoms with Crippen molar-refractivity contribution in [2.24, 2.45) is 0 Å². The average Bonchev–Trinajstić information content (AvgIpc) is 2.84. The van der Waals surface area contributed by atoms with Gasteiger partial charge < -0.3 is 5.11 Å². The topological polar surface area (TPSA) is 37.3 Å². The second kappa shape index (κ2) is 5.12. The molecule has 90 valence electrons. The predicted molar refractivity (Wildman–Crippen MR) is 71.8 cm³/mol. The number of aryl methyl sites for hydroxylation is 1. The molecule has 1 aliphatic carbocycles. The summed E-state index contributed by atoms with van der Waals surface area (Å²) in [6.07, 6.45) is 6.48. The molecular weight excluding hydrogens is 248 g/mol. The van der Waals surface area contributed by atoms with Gasteiger partial charge in [0.15, 0.2) is 0 Å². The molecule has 0 aliphatic heterocycles. The van der Waals surface area contributed by atoms with Crippen LogP contribution in [0.25, 0.3) is 0 Å². The third-order valence-electron chi connectivity index (χ3n) is 2.63. The molecule has 0 heterocycles. The van der Waals surface area contributed by atoms with Gasteiger partial charge in [-0.2, -0.15) is 0 Å². The summed E-state index contributed by atoms with van der Waals surface area (Å²) < 4.78 is 0. The Morgan fingerprint density at radius 2 is 2.22 bits per heavy atom. The van der Waals surface area contributed by atoms with E-state index in [4.69, 9.17) is 11.6 Å². The summed E-state index contributed by atoms with van der Waals surface area (Å²) in [5.41, 5.74) is 1.76. The molecule has 0 unspecified atom stereocenters. The van der Waals surface area contributed by atoms with Gasteiger partial charge in [-0.15, -0.1) is 0 Å². The Hall–Kier alpha value is -1.98. The quantitative estimate of drug-likeness (QED) is 0.476. The fraction of sp³-hybridized carbons (Fsp3) is 0.133. The molecule has 2 nitrogen and oxygen atoms in total. The highest BCUT2D eigenvalue weighted by Gasteiger charge is 2.11. The van der Waals surface area contributed by atoms with Gasteiger partial charge in [-0.25, -0.2) is 0 Å². The van der Waals surface area contributed by atoms with Crippen LogP contribution in [0.15, 0.2) is 35.9 Å². The van der Waals surface area contributed by atoms with Gasteiger partial charge in [-0.3, -0.25) is 4.79 Å². The molecule has 0 spiro atoms. The monoisotopic (exact) mass is 258 g/mol. The summed E-state index contributed by atoms with van der Waals surface area (Å²) in [6, 6.07) is 2.91. The molecule has 1 aliphatic rings. The predicted octanol–water partition coefficient (Wildman–Crippen LogP) is 3.43. The lowest BCUT2D eigenvalue weighted by atomic mass is 10.1. The van der Waals surface area contributed by atoms with Gasteiger partial charge in [0.05, 0.1) is 5.56 Å². The molecule has 2 rings (SSSR count). The van der Waals surface area contributed by atoms with E-state index in [1.807, 2.05) is 18.2 Å². The number of rotatable bonds is 1. The third-order valence-corrected chi connectivity index (χ3v) is 3.04. The first-order chi connectivity index (χ1) is 8.58. The van der Waals surface area contributed by atoms with E-state index in [0.29, 0.717) is 5.02 Å². The maximum absolute atomic E-state index is 11.8. The van der Waals surface area contributed by atoms with E-state index in [1.165, 1.54) is 12.1 Å². The average molecular weight is 259 g/mol. The highest BCUT2D eigenvalue weighted by Crippen LogP contribution is 2.25. The number of hydrogen-bond donors (Lipinski definition) is 1. The van der Waals surface area contributed by atoms with Crippen molar-refractivity contribution in [3.63, 3.8) is 0 Å². The van der Waals surface area contributed by atoms with Crippen LogP contribution in [0.2, 0.25) is 5.02 Å². The minimum atomic E-state index is -0.429. The van der Waals surface area contributed by atoms with E-state index in [2.05, 4.69) is 11.8 Å². The van der Waals surface area contributed by atoms with E-state index in [-0.39, 0.29) is 11.3 Å². The normalized spacial score (nSPS) is 12.9. The molecule has 0 atom stereocenters. The Bertz CT molecular complexity index is 628. The summed E-state index contributed by atoms with van der Waals surface area (Å²) in [5, 5.41) is 10.1. The Morgan fingerprint density at radius 3 is 2.89 bits per heavy atom. The van der Waals surface area contributed by atoms with Gasteiger partial charge >= 0.3 is 0 Å². The molecule has 0 saturated heterocycles. The summed E-state index contributed by atoms with van der Waals surface area (Å²) in [7, 11) is 0. The summed E-state index contributed by atoms with van der Waals surface area (Å²) in [6.45, 7) is 1.76. The molecule has 18 heavy (non-hydrogen) atoms. The Morgan fingerprint density at radius 1 is 1.44 bits per heavy atom. The first-order valence-electron chi connectivity index (χ1n) is 5.49. The Labute approximate surface area is 111 Å². The molecule has 0 aromatic heterocycles. The smallest absolute Gasteiger partial charge is 0.240 e. The summed E-state index contributed by atoms with van der Waals surface area (Å²) >= 11 is 5.92. The standard InChI is InChI=1S/C15H11ClO2/c1-10-8-15(18)12(9-13(10)16)14(17)7-6-11-4-2-3-5-11/h2-4,8-9,18H,5H2,1H3. The first kappa shape index (κ1) is 12.5. The minimum absolute atomic E-state index is 0.0882. The summed E-state index contributed by atoms with van der Waals surface area (Å²) in [5.74, 6) is 4.78. The zero-order valence-electron chi connectivity index (χ0n) is 9.83. The number of Topliss-reactive ketones (excluding diaryl/α,β-unsaturated/α-hetero) is 1. The third kappa shape index (κ3) is 2.64. The molecule has 0 bridgehead atoms. The molecule has 1 aromatic rings. The molecule has 1 aromatic carbocycles. The van der Waals surface area contributed by atoms with Crippen LogP contribution in [0, 0.1) is 18.8 Å². The van der Waals surface area contributed by atoms with Crippen molar-refractivity contribution < 1.29 is 9.90 Å². The van der Waals surface area contributed by atoms with Crippen LogP contribution in [-0.2, 0) is 0 Å². The van der Waals surface area contributed by atoms with E-state index in [9.17, 15) is 9.90 Å². The number of halogens is 1. The molecule has 0 saturated carbocycles. The highest BCUT2D eigenvalue weighted by atomic mass is 35.5. The van der Waals surface area contributed by atoms with Crippen LogP contribution in [0.1, 0.15) is 22.3 Å². The lowest BCUT2D eigenvalue weighted by Gasteiger charge is -2.03. The minimum Gasteiger partial charge on any atom is -0.507 e. The maximum Gasteiger partial charge on any atom is 0.240 e. The van der Waals surface area contributed by atoms with Crippen molar-refractivity contribution in [2.45, 2.75) is 13.3 Å². The fourth-order valence-corrected chi connectivity index (χ4v) is 1.76. The number of hydrogen-bond acceptors (Lipinski definition) is 2. The zero-order chi connectivity index (χ0) is 13.1. The van der Waals surface area contributed by atoms with Gasteiger partial charge in [-0.05, 0) is 37.0 Å². The molecule has 0 fully saturated rings. The lowest BCUT2D eigenvalue weighted by molar-refractivity contribution is 0.105. The van der Waals surface area contributed by atoms with Crippen molar-refractivity contribution in [1.29, 1.82) is 0 Å². The first-order valence-corrected chi connectivity index (χ1v) is 5.87. The van der Waals surface area contributed by atoms with Crippen LogP contribution < -0.4 is 0 Å². The largest absolute Gasteiger partial charge is 0.507 e. The number of phenols is 1. The second-order valence-electron chi connectivity index (χ2n) is 4.02. The number of ketones is 1. The maximum atomic E-state index is 11.8. The number of phenolic OH excluding ortho intramolecular Hbond substituents is 1. The van der Waals surface area contributed by atoms with Crippen LogP contribution in [-0.4, -0.2) is 10.9 Å². The van der Waals surface area contributed by atoms with Gasteiger partial charge in [0, 0.05) is 10.6 Å². The van der Waals surface area contributed by atoms with Crippen molar-refractivity contribution in [3.05, 3.63) is 52.1 Å². The van der Waals surface area contributed by atoms with Crippen LogP contribution in [0.5, 0.6) is 5.75 Å². The van der Waals surface area contributed by atoms with Gasteiger partial charge in [0.25, 0.3) is 0 Å². The highest BCUT2D eigenvalue weighted by molar-refractivity contribution is 6.32. The number of benzene rings is 1. The number of aromatic hydroxyl groups is 1.